The molecule has 0 spiro atoms. The average molecular weight is 345 g/mol. The van der Waals surface area contributed by atoms with Gasteiger partial charge in [0.1, 0.15) is 6.07 Å². The molecule has 1 amide bonds. The molecule has 0 radical (unpaired) electrons. The number of hydrogen-bond donors (Lipinski definition) is 0. The van der Waals surface area contributed by atoms with E-state index in [2.05, 4.69) is 21.3 Å². The number of aryl methyl sites for hydroxylation is 2. The van der Waals surface area contributed by atoms with Gasteiger partial charge in [-0.3, -0.25) is 14.7 Å². The van der Waals surface area contributed by atoms with Crippen LogP contribution in [-0.2, 0) is 4.79 Å². The molecule has 2 aromatic heterocycles. The molecule has 0 atom stereocenters. The summed E-state index contributed by atoms with van der Waals surface area (Å²) in [5, 5.41) is 18.3. The number of rotatable bonds is 4. The van der Waals surface area contributed by atoms with Gasteiger partial charge in [-0.05, 0) is 32.8 Å². The van der Waals surface area contributed by atoms with Gasteiger partial charge in [0.2, 0.25) is 11.0 Å². The number of pyridine rings is 1. The number of carbonyl (C=O) groups is 1. The summed E-state index contributed by atoms with van der Waals surface area (Å²) in [6, 6.07) is 4.33. The van der Waals surface area contributed by atoms with E-state index in [0.717, 1.165) is 23.4 Å². The molecule has 0 saturated heterocycles. The first-order valence-corrected chi connectivity index (χ1v) is 8.82. The molecule has 1 aliphatic carbocycles. The Labute approximate surface area is 142 Å². The number of nitrogens with zero attached hydrogens (tertiary/aromatic N) is 5. The van der Waals surface area contributed by atoms with Crippen LogP contribution in [0.2, 0.25) is 0 Å². The maximum Gasteiger partial charge on any atom is 0.225 e. The molecule has 0 bridgehead atoms. The van der Waals surface area contributed by atoms with Gasteiger partial charge in [0.05, 0.1) is 11.3 Å². The summed E-state index contributed by atoms with van der Waals surface area (Å²) in [6.45, 7) is 5.27. The van der Waals surface area contributed by atoms with E-state index in [9.17, 15) is 10.1 Å². The van der Waals surface area contributed by atoms with Gasteiger partial charge in [-0.25, -0.2) is 0 Å². The Hall–Kier alpha value is -1.98. The summed E-state index contributed by atoms with van der Waals surface area (Å²) in [5.74, 6) is -0.00601. The molecule has 1 fully saturated rings. The summed E-state index contributed by atoms with van der Waals surface area (Å²) in [4.78, 5) is 18.6. The first-order chi connectivity index (χ1) is 11.0. The lowest BCUT2D eigenvalue weighted by molar-refractivity contribution is -0.116. The van der Waals surface area contributed by atoms with Crippen molar-refractivity contribution in [1.29, 1.82) is 5.26 Å². The number of nitriles is 1. The Bertz CT molecular complexity index is 807. The van der Waals surface area contributed by atoms with Crippen molar-refractivity contribution >= 4 is 34.1 Å². The second-order valence-corrected chi connectivity index (χ2v) is 7.65. The second-order valence-electron chi connectivity index (χ2n) is 5.41. The Morgan fingerprint density at radius 1 is 1.43 bits per heavy atom. The van der Waals surface area contributed by atoms with Gasteiger partial charge in [-0.2, -0.15) is 5.26 Å². The maximum absolute atomic E-state index is 11.8. The van der Waals surface area contributed by atoms with Gasteiger partial charge >= 0.3 is 0 Å². The van der Waals surface area contributed by atoms with Crippen LogP contribution in [0, 0.1) is 25.2 Å². The fourth-order valence-corrected chi connectivity index (χ4v) is 4.48. The first-order valence-electron chi connectivity index (χ1n) is 7.19. The van der Waals surface area contributed by atoms with E-state index in [4.69, 9.17) is 0 Å². The Morgan fingerprint density at radius 2 is 2.17 bits per heavy atom. The van der Waals surface area contributed by atoms with Gasteiger partial charge in [-0.15, -0.1) is 10.2 Å². The molecule has 1 saturated carbocycles. The lowest BCUT2D eigenvalue weighted by Crippen LogP contribution is -2.30. The van der Waals surface area contributed by atoms with E-state index in [1.54, 1.807) is 11.8 Å². The molecule has 2 heterocycles. The SMILES string of the molecule is CC(=O)N(c1nnc(Sc2cc(C)nc(C)c2C#N)s1)C1CC1. The van der Waals surface area contributed by atoms with E-state index >= 15 is 0 Å². The standard InChI is InChI=1S/C15H15N5OS2/c1-8-6-13(12(7-16)9(2)17-8)22-15-19-18-14(23-15)20(10(3)21)11-4-5-11/h6,11H,4-5H2,1-3H3. The van der Waals surface area contributed by atoms with Crippen molar-refractivity contribution in [2.75, 3.05) is 4.90 Å². The van der Waals surface area contributed by atoms with Gasteiger partial charge in [0, 0.05) is 23.6 Å². The third kappa shape index (κ3) is 3.35. The highest BCUT2D eigenvalue weighted by molar-refractivity contribution is 8.01. The van der Waals surface area contributed by atoms with Crippen LogP contribution >= 0.6 is 23.1 Å². The fourth-order valence-electron chi connectivity index (χ4n) is 2.33. The first kappa shape index (κ1) is 15.9. The van der Waals surface area contributed by atoms with Gasteiger partial charge in [-0.1, -0.05) is 23.1 Å². The highest BCUT2D eigenvalue weighted by Crippen LogP contribution is 2.39. The monoisotopic (exact) mass is 345 g/mol. The largest absolute Gasteiger partial charge is 0.284 e. The van der Waals surface area contributed by atoms with E-state index < -0.39 is 0 Å². The summed E-state index contributed by atoms with van der Waals surface area (Å²) in [5.41, 5.74) is 2.13. The zero-order chi connectivity index (χ0) is 16.6. The quantitative estimate of drug-likeness (QED) is 0.792. The number of amides is 1. The highest BCUT2D eigenvalue weighted by atomic mass is 32.2. The van der Waals surface area contributed by atoms with Crippen molar-refractivity contribution in [2.24, 2.45) is 0 Å². The van der Waals surface area contributed by atoms with Crippen molar-refractivity contribution in [2.45, 2.75) is 48.9 Å². The Kier molecular flexibility index (Phi) is 4.33. The van der Waals surface area contributed by atoms with Crippen LogP contribution in [0.25, 0.3) is 0 Å². The van der Waals surface area contributed by atoms with Gasteiger partial charge in [0.25, 0.3) is 0 Å². The zero-order valence-electron chi connectivity index (χ0n) is 13.0. The molecule has 6 nitrogen and oxygen atoms in total. The molecule has 0 N–H and O–H groups in total. The smallest absolute Gasteiger partial charge is 0.225 e. The minimum Gasteiger partial charge on any atom is -0.284 e. The topological polar surface area (TPSA) is 82.8 Å². The summed E-state index contributed by atoms with van der Waals surface area (Å²) < 4.78 is 0.716. The van der Waals surface area contributed by atoms with E-state index in [0.29, 0.717) is 20.7 Å². The van der Waals surface area contributed by atoms with Crippen LogP contribution in [0.5, 0.6) is 0 Å². The molecular weight excluding hydrogens is 330 g/mol. The molecular formula is C15H15N5OS2. The molecule has 8 heteroatoms. The van der Waals surface area contributed by atoms with Crippen molar-refractivity contribution in [3.63, 3.8) is 0 Å². The molecule has 118 valence electrons. The molecule has 23 heavy (non-hydrogen) atoms. The number of carbonyl (C=O) groups excluding carboxylic acids is 1. The molecule has 0 aliphatic heterocycles. The number of hydrogen-bond acceptors (Lipinski definition) is 7. The second kappa shape index (κ2) is 6.26. The predicted octanol–water partition coefficient (Wildman–Crippen LogP) is 3.09. The van der Waals surface area contributed by atoms with Crippen molar-refractivity contribution in [3.8, 4) is 6.07 Å². The highest BCUT2D eigenvalue weighted by Gasteiger charge is 2.34. The van der Waals surface area contributed by atoms with Crippen molar-refractivity contribution < 1.29 is 4.79 Å². The van der Waals surface area contributed by atoms with E-state index in [1.807, 2.05) is 19.9 Å². The molecule has 3 rings (SSSR count). The van der Waals surface area contributed by atoms with Crippen molar-refractivity contribution in [1.82, 2.24) is 15.2 Å². The molecule has 1 aliphatic rings. The number of aromatic nitrogens is 3. The lowest BCUT2D eigenvalue weighted by Gasteiger charge is -2.15. The van der Waals surface area contributed by atoms with Crippen LogP contribution in [0.1, 0.15) is 36.7 Å². The Balaban J connectivity index is 1.88. The fraction of sp³-hybridized carbons (Fsp3) is 0.400. The maximum atomic E-state index is 11.8. The van der Waals surface area contributed by atoms with Crippen molar-refractivity contribution in [3.05, 3.63) is 23.0 Å². The van der Waals surface area contributed by atoms with Crippen LogP contribution in [0.3, 0.4) is 0 Å². The summed E-state index contributed by atoms with van der Waals surface area (Å²) >= 11 is 2.77. The predicted molar refractivity (Wildman–Crippen MR) is 88.6 cm³/mol. The molecule has 0 aromatic carbocycles. The third-order valence-corrected chi connectivity index (χ3v) is 5.47. The summed E-state index contributed by atoms with van der Waals surface area (Å²) in [6.07, 6.45) is 2.03. The molecule has 2 aromatic rings. The van der Waals surface area contributed by atoms with E-state index in [1.165, 1.54) is 23.1 Å². The van der Waals surface area contributed by atoms with Crippen LogP contribution in [0.15, 0.2) is 15.3 Å². The Morgan fingerprint density at radius 3 is 2.78 bits per heavy atom. The number of anilines is 1. The van der Waals surface area contributed by atoms with Crippen LogP contribution in [0.4, 0.5) is 5.13 Å². The van der Waals surface area contributed by atoms with Crippen LogP contribution in [-0.4, -0.2) is 27.1 Å². The summed E-state index contributed by atoms with van der Waals surface area (Å²) in [7, 11) is 0. The minimum absolute atomic E-state index is 0.00601. The average Bonchev–Trinajstić information content (AvgIpc) is 3.18. The van der Waals surface area contributed by atoms with E-state index in [-0.39, 0.29) is 11.9 Å². The normalized spacial score (nSPS) is 13.7. The minimum atomic E-state index is -0.00601. The van der Waals surface area contributed by atoms with Gasteiger partial charge < -0.3 is 0 Å². The lowest BCUT2D eigenvalue weighted by atomic mass is 10.2. The zero-order valence-corrected chi connectivity index (χ0v) is 14.7. The van der Waals surface area contributed by atoms with Crippen LogP contribution < -0.4 is 4.90 Å². The third-order valence-electron chi connectivity index (χ3n) is 3.45. The van der Waals surface area contributed by atoms with Gasteiger partial charge in [0.15, 0.2) is 4.34 Å². The molecule has 0 unspecified atom stereocenters.